The molecule has 2 aromatic carbocycles. The van der Waals surface area contributed by atoms with Gasteiger partial charge in [-0.1, -0.05) is 30.3 Å². The van der Waals surface area contributed by atoms with E-state index in [1.807, 2.05) is 0 Å². The number of hydrogen-bond acceptors (Lipinski definition) is 6. The van der Waals surface area contributed by atoms with E-state index in [2.05, 4.69) is 4.98 Å². The van der Waals surface area contributed by atoms with E-state index in [1.165, 1.54) is 11.1 Å². The third kappa shape index (κ3) is 5.37. The summed E-state index contributed by atoms with van der Waals surface area (Å²) in [5, 5.41) is 0.447. The fourth-order valence-electron chi connectivity index (χ4n) is 4.51. The van der Waals surface area contributed by atoms with Gasteiger partial charge in [-0.3, -0.25) is 9.59 Å². The number of esters is 1. The molecular weight excluding hydrogens is 515 g/mol. The number of para-hydroxylation sites is 3. The molecule has 0 saturated carbocycles. The number of alkyl halides is 3. The fourth-order valence-corrected chi connectivity index (χ4v) is 4.51. The van der Waals surface area contributed by atoms with Crippen molar-refractivity contribution < 1.29 is 27.5 Å². The molecule has 39 heavy (non-hydrogen) atoms. The minimum atomic E-state index is -5.32. The number of carbonyl (C=O) groups excluding carboxylic acids is 2. The van der Waals surface area contributed by atoms with Gasteiger partial charge in [-0.05, 0) is 45.0 Å². The number of carbonyl (C=O) groups is 2. The van der Waals surface area contributed by atoms with Gasteiger partial charge in [-0.2, -0.15) is 13.2 Å². The topological polar surface area (TPSA) is 112 Å². The van der Waals surface area contributed by atoms with Crippen molar-refractivity contribution in [2.45, 2.75) is 39.2 Å². The quantitative estimate of drug-likeness (QED) is 0.321. The smallest absolute Gasteiger partial charge is 0.425 e. The van der Waals surface area contributed by atoms with Gasteiger partial charge in [-0.25, -0.2) is 9.78 Å². The predicted octanol–water partition coefficient (Wildman–Crippen LogP) is 3.84. The molecule has 2 heterocycles. The molecule has 0 aliphatic rings. The first-order valence-electron chi connectivity index (χ1n) is 12.5. The number of aryl methyl sites for hydroxylation is 1. The van der Waals surface area contributed by atoms with Crippen molar-refractivity contribution in [2.24, 2.45) is 5.73 Å². The van der Waals surface area contributed by atoms with Gasteiger partial charge in [0.05, 0.1) is 16.6 Å². The van der Waals surface area contributed by atoms with E-state index in [4.69, 9.17) is 10.5 Å². The van der Waals surface area contributed by atoms with Crippen molar-refractivity contribution in [3.05, 3.63) is 65.1 Å². The summed E-state index contributed by atoms with van der Waals surface area (Å²) >= 11 is 0. The molecule has 9 nitrogen and oxygen atoms in total. The monoisotopic (exact) mass is 543 g/mol. The summed E-state index contributed by atoms with van der Waals surface area (Å²) < 4.78 is 47.1. The van der Waals surface area contributed by atoms with Gasteiger partial charge in [-0.15, -0.1) is 0 Å². The summed E-state index contributed by atoms with van der Waals surface area (Å²) in [6, 6.07) is 13.6. The number of halogens is 3. The molecule has 0 aliphatic carbocycles. The van der Waals surface area contributed by atoms with Crippen LogP contribution in [0.25, 0.3) is 33.2 Å². The van der Waals surface area contributed by atoms with Gasteiger partial charge in [0.2, 0.25) is 0 Å². The van der Waals surface area contributed by atoms with Gasteiger partial charge in [0.15, 0.2) is 0 Å². The van der Waals surface area contributed by atoms with Crippen LogP contribution in [0.1, 0.15) is 26.5 Å². The van der Waals surface area contributed by atoms with Crippen molar-refractivity contribution >= 4 is 33.8 Å². The Morgan fingerprint density at radius 1 is 1.05 bits per heavy atom. The van der Waals surface area contributed by atoms with Gasteiger partial charge in [0.25, 0.3) is 17.7 Å². The Bertz CT molecular complexity index is 1570. The molecule has 0 fully saturated rings. The highest BCUT2D eigenvalue weighted by Gasteiger charge is 2.44. The second kappa shape index (κ2) is 11.3. The first kappa shape index (κ1) is 27.8. The van der Waals surface area contributed by atoms with Crippen molar-refractivity contribution in [1.82, 2.24) is 19.0 Å². The summed E-state index contributed by atoms with van der Waals surface area (Å²) in [4.78, 5) is 44.8. The minimum absolute atomic E-state index is 0.0388. The standard InChI is InChI=1S/C27H28F3N5O4/c1-3-33(4-2)24(37)25(39-26(38)27(28,29)30)35-16-18(17-10-5-7-12-20(17)35)22-23(36)34(15-9-14-31)21-13-8-6-11-19(21)32-22/h5-8,10-13,16,25H,3-4,9,14-15,31H2,1-2H3. The molecule has 0 spiro atoms. The second-order valence-corrected chi connectivity index (χ2v) is 8.78. The van der Waals surface area contributed by atoms with Crippen LogP contribution in [-0.2, 0) is 20.9 Å². The lowest BCUT2D eigenvalue weighted by molar-refractivity contribution is -0.210. The molecule has 2 aromatic heterocycles. The van der Waals surface area contributed by atoms with Crippen LogP contribution < -0.4 is 11.3 Å². The van der Waals surface area contributed by atoms with Crippen LogP contribution in [-0.4, -0.2) is 56.7 Å². The highest BCUT2D eigenvalue weighted by Crippen LogP contribution is 2.33. The van der Waals surface area contributed by atoms with Crippen molar-refractivity contribution in [3.8, 4) is 11.3 Å². The van der Waals surface area contributed by atoms with Crippen LogP contribution >= 0.6 is 0 Å². The third-order valence-electron chi connectivity index (χ3n) is 6.42. The van der Waals surface area contributed by atoms with Crippen LogP contribution in [0, 0.1) is 0 Å². The van der Waals surface area contributed by atoms with Gasteiger partial charge in [0, 0.05) is 36.8 Å². The van der Waals surface area contributed by atoms with E-state index in [-0.39, 0.29) is 29.9 Å². The zero-order valence-electron chi connectivity index (χ0n) is 21.4. The molecule has 0 saturated heterocycles. The summed E-state index contributed by atoms with van der Waals surface area (Å²) in [7, 11) is 0. The third-order valence-corrected chi connectivity index (χ3v) is 6.42. The second-order valence-electron chi connectivity index (χ2n) is 8.78. The largest absolute Gasteiger partial charge is 0.491 e. The Morgan fingerprint density at radius 3 is 2.33 bits per heavy atom. The zero-order valence-corrected chi connectivity index (χ0v) is 21.4. The number of rotatable bonds is 9. The number of nitrogens with two attached hydrogens (primary N) is 1. The van der Waals surface area contributed by atoms with Crippen molar-refractivity contribution in [3.63, 3.8) is 0 Å². The molecule has 4 aromatic rings. The Kier molecular flexibility index (Phi) is 8.05. The molecule has 0 aliphatic heterocycles. The summed E-state index contributed by atoms with van der Waals surface area (Å²) in [6.45, 7) is 4.37. The predicted molar refractivity (Wildman–Crippen MR) is 140 cm³/mol. The van der Waals surface area contributed by atoms with E-state index in [1.54, 1.807) is 66.9 Å². The summed E-state index contributed by atoms with van der Waals surface area (Å²) in [6.07, 6.45) is -5.41. The summed E-state index contributed by atoms with van der Waals surface area (Å²) in [5.74, 6) is -3.34. The van der Waals surface area contributed by atoms with E-state index < -0.39 is 29.8 Å². The first-order valence-corrected chi connectivity index (χ1v) is 12.5. The molecule has 2 N–H and O–H groups in total. The van der Waals surface area contributed by atoms with Crippen LogP contribution in [0.4, 0.5) is 13.2 Å². The average molecular weight is 544 g/mol. The van der Waals surface area contributed by atoms with Gasteiger partial charge >= 0.3 is 12.1 Å². The van der Waals surface area contributed by atoms with Crippen LogP contribution in [0.15, 0.2) is 59.5 Å². The number of hydrogen-bond donors (Lipinski definition) is 1. The van der Waals surface area contributed by atoms with Crippen LogP contribution in [0.2, 0.25) is 0 Å². The van der Waals surface area contributed by atoms with Crippen LogP contribution in [0.5, 0.6) is 0 Å². The highest BCUT2D eigenvalue weighted by molar-refractivity contribution is 5.97. The van der Waals surface area contributed by atoms with E-state index in [0.29, 0.717) is 35.9 Å². The Morgan fingerprint density at radius 2 is 1.69 bits per heavy atom. The van der Waals surface area contributed by atoms with E-state index in [0.717, 1.165) is 4.57 Å². The highest BCUT2D eigenvalue weighted by atomic mass is 19.4. The molecule has 0 bridgehead atoms. The van der Waals surface area contributed by atoms with Gasteiger partial charge < -0.3 is 24.5 Å². The van der Waals surface area contributed by atoms with E-state index in [9.17, 15) is 27.6 Å². The number of nitrogens with zero attached hydrogens (tertiary/aromatic N) is 4. The Balaban J connectivity index is 1.97. The zero-order chi connectivity index (χ0) is 28.3. The number of fused-ring (bicyclic) bond motifs is 2. The summed E-state index contributed by atoms with van der Waals surface area (Å²) in [5.41, 5.74) is 7.00. The Hall–Kier alpha value is -4.19. The Labute approximate surface area is 221 Å². The number of likely N-dealkylation sites (N-methyl/N-ethyl adjacent to an activating group) is 1. The number of aromatic nitrogens is 3. The molecule has 206 valence electrons. The minimum Gasteiger partial charge on any atom is -0.425 e. The van der Waals surface area contributed by atoms with Crippen molar-refractivity contribution in [1.29, 1.82) is 0 Å². The SMILES string of the molecule is CCN(CC)C(=O)C(OC(=O)C(F)(F)F)n1cc(-c2nc3ccccc3n(CCCN)c2=O)c2ccccc21. The number of benzene rings is 2. The van der Waals surface area contributed by atoms with Crippen molar-refractivity contribution in [2.75, 3.05) is 19.6 Å². The van der Waals surface area contributed by atoms with Crippen LogP contribution in [0.3, 0.4) is 0 Å². The molecule has 12 heteroatoms. The normalized spacial score (nSPS) is 12.6. The number of amides is 1. The lowest BCUT2D eigenvalue weighted by Gasteiger charge is -2.26. The lowest BCUT2D eigenvalue weighted by Crippen LogP contribution is -2.41. The molecule has 4 rings (SSSR count). The average Bonchev–Trinajstić information content (AvgIpc) is 3.30. The maximum Gasteiger partial charge on any atom is 0.491 e. The maximum absolute atomic E-state index is 13.7. The fraction of sp³-hybridized carbons (Fsp3) is 0.333. The molecular formula is C27H28F3N5O4. The molecule has 1 amide bonds. The lowest BCUT2D eigenvalue weighted by atomic mass is 10.1. The van der Waals surface area contributed by atoms with Gasteiger partial charge in [0.1, 0.15) is 5.69 Å². The molecule has 1 atom stereocenters. The maximum atomic E-state index is 13.7. The molecule has 0 radical (unpaired) electrons. The first-order chi connectivity index (χ1) is 18.6. The number of ether oxygens (including phenoxy) is 1. The molecule has 1 unspecified atom stereocenters. The van der Waals surface area contributed by atoms with E-state index >= 15 is 0 Å².